The predicted molar refractivity (Wildman–Crippen MR) is 76.6 cm³/mol. The van der Waals surface area contributed by atoms with Crippen molar-refractivity contribution in [1.82, 2.24) is 0 Å². The van der Waals surface area contributed by atoms with E-state index in [9.17, 15) is 4.79 Å². The first-order valence-electron chi connectivity index (χ1n) is 6.65. The van der Waals surface area contributed by atoms with Crippen molar-refractivity contribution < 1.29 is 14.3 Å². The molecule has 3 nitrogen and oxygen atoms in total. The molecule has 1 aromatic rings. The van der Waals surface area contributed by atoms with Crippen molar-refractivity contribution >= 4 is 5.97 Å². The minimum atomic E-state index is -0.191. The number of carbonyl (C=O) groups is 1. The molecule has 0 unspecified atom stereocenters. The smallest absolute Gasteiger partial charge is 0.305 e. The Morgan fingerprint density at radius 2 is 1.95 bits per heavy atom. The zero-order valence-electron chi connectivity index (χ0n) is 12.6. The van der Waals surface area contributed by atoms with Gasteiger partial charge in [0.15, 0.2) is 0 Å². The highest BCUT2D eigenvalue weighted by Gasteiger charge is 2.14. The van der Waals surface area contributed by atoms with E-state index < -0.39 is 0 Å². The monoisotopic (exact) mass is 264 g/mol. The van der Waals surface area contributed by atoms with Gasteiger partial charge in [-0.25, -0.2) is 0 Å². The van der Waals surface area contributed by atoms with Gasteiger partial charge < -0.3 is 9.47 Å². The fourth-order valence-electron chi connectivity index (χ4n) is 1.78. The van der Waals surface area contributed by atoms with E-state index in [0.717, 1.165) is 11.3 Å². The molecule has 0 fully saturated rings. The Bertz CT molecular complexity index is 430. The number of methoxy groups -OCH3 is 1. The molecule has 3 heteroatoms. The molecule has 0 amide bonds. The molecule has 0 radical (unpaired) electrons. The van der Waals surface area contributed by atoms with Crippen LogP contribution in [0.1, 0.15) is 44.7 Å². The van der Waals surface area contributed by atoms with Crippen molar-refractivity contribution in [3.63, 3.8) is 0 Å². The number of carbonyl (C=O) groups excluding carboxylic acids is 1. The molecule has 0 aromatic heterocycles. The number of benzene rings is 1. The highest BCUT2D eigenvalue weighted by atomic mass is 16.5. The molecule has 0 N–H and O–H groups in total. The second-order valence-electron chi connectivity index (χ2n) is 5.76. The lowest BCUT2D eigenvalue weighted by Crippen LogP contribution is -2.11. The third-order valence-corrected chi connectivity index (χ3v) is 3.05. The van der Waals surface area contributed by atoms with E-state index >= 15 is 0 Å². The van der Waals surface area contributed by atoms with Crippen LogP contribution in [0.4, 0.5) is 0 Å². The summed E-state index contributed by atoms with van der Waals surface area (Å²) in [6.45, 7) is 9.16. The summed E-state index contributed by atoms with van der Waals surface area (Å²) in [5.74, 6) is 0.696. The van der Waals surface area contributed by atoms with Crippen molar-refractivity contribution in [2.45, 2.75) is 46.0 Å². The van der Waals surface area contributed by atoms with Gasteiger partial charge in [-0.15, -0.1) is 0 Å². The van der Waals surface area contributed by atoms with Gasteiger partial charge in [-0.05, 0) is 36.0 Å². The van der Waals surface area contributed by atoms with Crippen LogP contribution in [-0.4, -0.2) is 19.7 Å². The standard InChI is InChI=1S/C16H24O3/c1-12-11-13(16(2,3)4)8-9-14(12)19-10-6-7-15(17)18-5/h8-9,11H,6-7,10H2,1-5H3. The highest BCUT2D eigenvalue weighted by Crippen LogP contribution is 2.27. The Hall–Kier alpha value is -1.51. The summed E-state index contributed by atoms with van der Waals surface area (Å²) in [6.07, 6.45) is 1.07. The van der Waals surface area contributed by atoms with E-state index in [1.807, 2.05) is 13.0 Å². The van der Waals surface area contributed by atoms with Gasteiger partial charge in [0.25, 0.3) is 0 Å². The van der Waals surface area contributed by atoms with Crippen LogP contribution in [0, 0.1) is 6.92 Å². The van der Waals surface area contributed by atoms with Crippen LogP contribution in [0.15, 0.2) is 18.2 Å². The van der Waals surface area contributed by atoms with Gasteiger partial charge in [0, 0.05) is 6.42 Å². The largest absolute Gasteiger partial charge is 0.493 e. The normalized spacial score (nSPS) is 11.2. The van der Waals surface area contributed by atoms with E-state index in [1.165, 1.54) is 12.7 Å². The molecule has 0 spiro atoms. The van der Waals surface area contributed by atoms with Gasteiger partial charge in [-0.3, -0.25) is 4.79 Å². The number of hydrogen-bond donors (Lipinski definition) is 0. The number of rotatable bonds is 5. The molecule has 0 aliphatic carbocycles. The summed E-state index contributed by atoms with van der Waals surface area (Å²) in [6, 6.07) is 6.27. The van der Waals surface area contributed by atoms with E-state index in [4.69, 9.17) is 4.74 Å². The van der Waals surface area contributed by atoms with Crippen LogP contribution >= 0.6 is 0 Å². The third-order valence-electron chi connectivity index (χ3n) is 3.05. The molecule has 19 heavy (non-hydrogen) atoms. The number of esters is 1. The summed E-state index contributed by atoms with van der Waals surface area (Å²) in [4.78, 5) is 11.0. The molecule has 1 rings (SSSR count). The van der Waals surface area contributed by atoms with Gasteiger partial charge in [0.05, 0.1) is 13.7 Å². The first kappa shape index (κ1) is 15.5. The van der Waals surface area contributed by atoms with Crippen molar-refractivity contribution in [3.05, 3.63) is 29.3 Å². The maximum atomic E-state index is 11.0. The molecule has 0 aliphatic heterocycles. The molecule has 0 aliphatic rings. The minimum absolute atomic E-state index is 0.147. The van der Waals surface area contributed by atoms with Crippen LogP contribution in [0.2, 0.25) is 0 Å². The molecular weight excluding hydrogens is 240 g/mol. The predicted octanol–water partition coefficient (Wildman–Crippen LogP) is 3.62. The molecule has 0 bridgehead atoms. The molecular formula is C16H24O3. The maximum absolute atomic E-state index is 11.0. The lowest BCUT2D eigenvalue weighted by molar-refractivity contribution is -0.140. The first-order chi connectivity index (χ1) is 8.84. The van der Waals surface area contributed by atoms with Gasteiger partial charge in [-0.2, -0.15) is 0 Å². The average molecular weight is 264 g/mol. The summed E-state index contributed by atoms with van der Waals surface area (Å²) in [5, 5.41) is 0. The van der Waals surface area contributed by atoms with E-state index in [0.29, 0.717) is 19.4 Å². The van der Waals surface area contributed by atoms with E-state index in [-0.39, 0.29) is 11.4 Å². The summed E-state index contributed by atoms with van der Waals surface area (Å²) in [7, 11) is 1.40. The van der Waals surface area contributed by atoms with Crippen molar-refractivity contribution in [1.29, 1.82) is 0 Å². The average Bonchev–Trinajstić information content (AvgIpc) is 2.34. The number of hydrogen-bond acceptors (Lipinski definition) is 3. The Balaban J connectivity index is 2.54. The zero-order chi connectivity index (χ0) is 14.5. The summed E-state index contributed by atoms with van der Waals surface area (Å²) < 4.78 is 10.3. The van der Waals surface area contributed by atoms with Crippen molar-refractivity contribution in [3.8, 4) is 5.75 Å². The summed E-state index contributed by atoms with van der Waals surface area (Å²) in [5.41, 5.74) is 2.58. The highest BCUT2D eigenvalue weighted by molar-refractivity contribution is 5.69. The van der Waals surface area contributed by atoms with E-state index in [2.05, 4.69) is 37.6 Å². The van der Waals surface area contributed by atoms with Gasteiger partial charge >= 0.3 is 5.97 Å². The second-order valence-corrected chi connectivity index (χ2v) is 5.76. The number of ether oxygens (including phenoxy) is 2. The van der Waals surface area contributed by atoms with Crippen molar-refractivity contribution in [2.24, 2.45) is 0 Å². The van der Waals surface area contributed by atoms with Crippen molar-refractivity contribution in [2.75, 3.05) is 13.7 Å². The topological polar surface area (TPSA) is 35.5 Å². The fourth-order valence-corrected chi connectivity index (χ4v) is 1.78. The van der Waals surface area contributed by atoms with Crippen LogP contribution in [0.5, 0.6) is 5.75 Å². The molecule has 0 heterocycles. The Morgan fingerprint density at radius 3 is 2.47 bits per heavy atom. The van der Waals surface area contributed by atoms with Gasteiger partial charge in [0.2, 0.25) is 0 Å². The zero-order valence-corrected chi connectivity index (χ0v) is 12.6. The second kappa shape index (κ2) is 6.60. The van der Waals surface area contributed by atoms with Crippen LogP contribution < -0.4 is 4.74 Å². The van der Waals surface area contributed by atoms with E-state index in [1.54, 1.807) is 0 Å². The number of aryl methyl sites for hydroxylation is 1. The van der Waals surface area contributed by atoms with Crippen LogP contribution in [-0.2, 0) is 14.9 Å². The third kappa shape index (κ3) is 4.93. The quantitative estimate of drug-likeness (QED) is 0.602. The molecule has 1 aromatic carbocycles. The van der Waals surface area contributed by atoms with Crippen LogP contribution in [0.25, 0.3) is 0 Å². The molecule has 0 atom stereocenters. The lowest BCUT2D eigenvalue weighted by Gasteiger charge is -2.20. The molecule has 106 valence electrons. The van der Waals surface area contributed by atoms with Gasteiger partial charge in [0.1, 0.15) is 5.75 Å². The maximum Gasteiger partial charge on any atom is 0.305 e. The lowest BCUT2D eigenvalue weighted by atomic mass is 9.86. The Morgan fingerprint density at radius 1 is 1.26 bits per heavy atom. The Labute approximate surface area is 115 Å². The SMILES string of the molecule is COC(=O)CCCOc1ccc(C(C)(C)C)cc1C. The molecule has 0 saturated heterocycles. The first-order valence-corrected chi connectivity index (χ1v) is 6.65. The minimum Gasteiger partial charge on any atom is -0.493 e. The van der Waals surface area contributed by atoms with Gasteiger partial charge in [-0.1, -0.05) is 32.9 Å². The summed E-state index contributed by atoms with van der Waals surface area (Å²) >= 11 is 0. The Kier molecular flexibility index (Phi) is 5.40. The fraction of sp³-hybridized carbons (Fsp3) is 0.562. The van der Waals surface area contributed by atoms with Crippen LogP contribution in [0.3, 0.4) is 0 Å². The molecule has 0 saturated carbocycles.